The van der Waals surface area contributed by atoms with E-state index in [4.69, 9.17) is 17.3 Å². The van der Waals surface area contributed by atoms with Crippen molar-refractivity contribution in [2.24, 2.45) is 5.73 Å². The minimum atomic E-state index is -1.13. The number of ketones is 1. The molecule has 0 amide bonds. The Kier molecular flexibility index (Phi) is 3.02. The molecule has 3 nitrogen and oxygen atoms in total. The van der Waals surface area contributed by atoms with Gasteiger partial charge in [-0.1, -0.05) is 29.8 Å². The number of hydrogen-bond donors (Lipinski definition) is 2. The molecule has 0 aliphatic heterocycles. The van der Waals surface area contributed by atoms with Crippen LogP contribution < -0.4 is 5.73 Å². The number of nitrogens with two attached hydrogens (primary N) is 1. The number of hydrogen-bond acceptors (Lipinski definition) is 3. The Balaban J connectivity index is 2.45. The molecule has 1 unspecified atom stereocenters. The average Bonchev–Trinajstić information content (AvgIpc) is 2.26. The van der Waals surface area contributed by atoms with Crippen molar-refractivity contribution in [2.75, 3.05) is 0 Å². The third-order valence-corrected chi connectivity index (χ3v) is 3.48. The molecule has 4 heteroatoms. The van der Waals surface area contributed by atoms with Gasteiger partial charge in [0.25, 0.3) is 0 Å². The van der Waals surface area contributed by atoms with E-state index in [-0.39, 0.29) is 5.78 Å². The number of Topliss-reactive ketones (excluding diaryl/α,β-unsaturated/α-hetero) is 1. The minimum absolute atomic E-state index is 0.327. The maximum atomic E-state index is 12.0. The predicted octanol–water partition coefficient (Wildman–Crippen LogP) is 1.61. The largest absolute Gasteiger partial charge is 0.385 e. The molecule has 3 N–H and O–H groups in total. The Morgan fingerprint density at radius 2 is 2.12 bits per heavy atom. The van der Waals surface area contributed by atoms with Crippen molar-refractivity contribution in [1.29, 1.82) is 0 Å². The molecule has 1 fully saturated rings. The summed E-state index contributed by atoms with van der Waals surface area (Å²) in [7, 11) is 0. The highest BCUT2D eigenvalue weighted by atomic mass is 35.5. The second kappa shape index (κ2) is 4.17. The van der Waals surface area contributed by atoms with E-state index in [1.165, 1.54) is 0 Å². The van der Waals surface area contributed by atoms with Crippen LogP contribution in [0.15, 0.2) is 24.3 Å². The molecule has 0 radical (unpaired) electrons. The number of carbonyl (C=O) groups is 1. The zero-order valence-electron chi connectivity index (χ0n) is 8.82. The maximum Gasteiger partial charge on any atom is 0.185 e. The van der Waals surface area contributed by atoms with Crippen LogP contribution in [0.25, 0.3) is 0 Å². The van der Waals surface area contributed by atoms with E-state index < -0.39 is 11.6 Å². The van der Waals surface area contributed by atoms with Crippen molar-refractivity contribution in [2.45, 2.75) is 30.9 Å². The zero-order chi connectivity index (χ0) is 11.8. The van der Waals surface area contributed by atoms with Gasteiger partial charge in [0, 0.05) is 5.02 Å². The summed E-state index contributed by atoms with van der Waals surface area (Å²) in [6, 6.07) is 7.04. The fourth-order valence-corrected chi connectivity index (χ4v) is 2.52. The lowest BCUT2D eigenvalue weighted by Crippen LogP contribution is -2.52. The van der Waals surface area contributed by atoms with Gasteiger partial charge < -0.3 is 10.8 Å². The number of rotatable bonds is 1. The normalized spacial score (nSPS) is 30.4. The van der Waals surface area contributed by atoms with Crippen LogP contribution >= 0.6 is 11.6 Å². The smallest absolute Gasteiger partial charge is 0.185 e. The predicted molar refractivity (Wildman–Crippen MR) is 62.2 cm³/mol. The van der Waals surface area contributed by atoms with E-state index >= 15 is 0 Å². The van der Waals surface area contributed by atoms with Crippen LogP contribution in [0.2, 0.25) is 5.02 Å². The van der Waals surface area contributed by atoms with Crippen LogP contribution in [0.4, 0.5) is 0 Å². The Hall–Kier alpha value is -0.900. The third kappa shape index (κ3) is 1.75. The van der Waals surface area contributed by atoms with Crippen molar-refractivity contribution < 1.29 is 9.90 Å². The summed E-state index contributed by atoms with van der Waals surface area (Å²) in [6.45, 7) is 0. The summed E-state index contributed by atoms with van der Waals surface area (Å²) in [4.78, 5) is 12.0. The first-order chi connectivity index (χ1) is 7.55. The van der Waals surface area contributed by atoms with Gasteiger partial charge >= 0.3 is 0 Å². The highest BCUT2D eigenvalue weighted by Crippen LogP contribution is 2.35. The van der Waals surface area contributed by atoms with Gasteiger partial charge in [0.05, 0.1) is 0 Å². The minimum Gasteiger partial charge on any atom is -0.385 e. The van der Waals surface area contributed by atoms with Crippen LogP contribution in [0.5, 0.6) is 0 Å². The zero-order valence-corrected chi connectivity index (χ0v) is 9.57. The van der Waals surface area contributed by atoms with Gasteiger partial charge in [-0.25, -0.2) is 0 Å². The first-order valence-corrected chi connectivity index (χ1v) is 5.70. The maximum absolute atomic E-state index is 12.0. The number of aliphatic hydroxyl groups excluding tert-OH is 1. The van der Waals surface area contributed by atoms with Crippen molar-refractivity contribution >= 4 is 17.4 Å². The van der Waals surface area contributed by atoms with Gasteiger partial charge in [-0.2, -0.15) is 0 Å². The Bertz CT molecular complexity index is 421. The van der Waals surface area contributed by atoms with Gasteiger partial charge in [0.2, 0.25) is 0 Å². The Morgan fingerprint density at radius 3 is 2.81 bits per heavy atom. The summed E-state index contributed by atoms with van der Waals surface area (Å²) in [5.41, 5.74) is 5.60. The lowest BCUT2D eigenvalue weighted by atomic mass is 9.75. The molecule has 1 aromatic carbocycles. The molecule has 86 valence electrons. The van der Waals surface area contributed by atoms with Crippen molar-refractivity contribution in [3.8, 4) is 0 Å². The quantitative estimate of drug-likeness (QED) is 0.783. The van der Waals surface area contributed by atoms with E-state index in [1.807, 2.05) is 0 Å². The van der Waals surface area contributed by atoms with Crippen molar-refractivity contribution in [1.82, 2.24) is 0 Å². The number of aliphatic hydroxyl groups is 1. The summed E-state index contributed by atoms with van der Waals surface area (Å²) >= 11 is 6.05. The SMILES string of the molecule is NC1(c2ccccc2Cl)CCC[C@@H](O)C1=O. The van der Waals surface area contributed by atoms with Crippen LogP contribution in [-0.2, 0) is 10.3 Å². The summed E-state index contributed by atoms with van der Waals surface area (Å²) in [6.07, 6.45) is 0.791. The summed E-state index contributed by atoms with van der Waals surface area (Å²) in [5.74, 6) is -0.327. The molecule has 0 heterocycles. The van der Waals surface area contributed by atoms with Crippen molar-refractivity contribution in [3.63, 3.8) is 0 Å². The molecular weight excluding hydrogens is 226 g/mol. The molecule has 0 saturated heterocycles. The number of halogens is 1. The highest BCUT2D eigenvalue weighted by molar-refractivity contribution is 6.31. The summed E-state index contributed by atoms with van der Waals surface area (Å²) in [5, 5.41) is 10.1. The lowest BCUT2D eigenvalue weighted by molar-refractivity contribution is -0.136. The van der Waals surface area contributed by atoms with E-state index in [1.54, 1.807) is 24.3 Å². The molecule has 1 aromatic rings. The third-order valence-electron chi connectivity index (χ3n) is 3.15. The second-order valence-electron chi connectivity index (χ2n) is 4.22. The molecule has 1 aliphatic carbocycles. The van der Waals surface area contributed by atoms with E-state index in [0.29, 0.717) is 23.4 Å². The second-order valence-corrected chi connectivity index (χ2v) is 4.63. The van der Waals surface area contributed by atoms with Gasteiger partial charge in [-0.3, -0.25) is 4.79 Å². The monoisotopic (exact) mass is 239 g/mol. The number of benzene rings is 1. The van der Waals surface area contributed by atoms with E-state index in [9.17, 15) is 9.90 Å². The Labute approximate surface area is 99.2 Å². The first-order valence-electron chi connectivity index (χ1n) is 5.32. The van der Waals surface area contributed by atoms with Crippen LogP contribution in [0, 0.1) is 0 Å². The molecular formula is C12H14ClNO2. The standard InChI is InChI=1S/C12H14ClNO2/c13-9-5-2-1-4-8(9)12(14)7-3-6-10(15)11(12)16/h1-2,4-5,10,15H,3,6-7,14H2/t10-,12?/m1/s1. The molecule has 2 atom stereocenters. The Morgan fingerprint density at radius 1 is 1.44 bits per heavy atom. The van der Waals surface area contributed by atoms with Crippen molar-refractivity contribution in [3.05, 3.63) is 34.9 Å². The molecule has 0 aromatic heterocycles. The van der Waals surface area contributed by atoms with E-state index in [2.05, 4.69) is 0 Å². The van der Waals surface area contributed by atoms with E-state index in [0.717, 1.165) is 6.42 Å². The molecule has 1 aliphatic rings. The van der Waals surface area contributed by atoms with Crippen LogP contribution in [-0.4, -0.2) is 17.0 Å². The highest BCUT2D eigenvalue weighted by Gasteiger charge is 2.43. The van der Waals surface area contributed by atoms with Crippen LogP contribution in [0.1, 0.15) is 24.8 Å². The van der Waals surface area contributed by atoms with Crippen LogP contribution in [0.3, 0.4) is 0 Å². The fourth-order valence-electron chi connectivity index (χ4n) is 2.22. The van der Waals surface area contributed by atoms with Gasteiger partial charge in [0.15, 0.2) is 5.78 Å². The fraction of sp³-hybridized carbons (Fsp3) is 0.417. The first kappa shape index (κ1) is 11.6. The molecule has 0 spiro atoms. The topological polar surface area (TPSA) is 63.3 Å². The average molecular weight is 240 g/mol. The molecule has 16 heavy (non-hydrogen) atoms. The summed E-state index contributed by atoms with van der Waals surface area (Å²) < 4.78 is 0. The van der Waals surface area contributed by atoms with Gasteiger partial charge in [0.1, 0.15) is 11.6 Å². The number of carbonyl (C=O) groups excluding carboxylic acids is 1. The van der Waals surface area contributed by atoms with Gasteiger partial charge in [-0.05, 0) is 30.9 Å². The lowest BCUT2D eigenvalue weighted by Gasteiger charge is -2.35. The molecule has 2 rings (SSSR count). The molecule has 1 saturated carbocycles. The van der Waals surface area contributed by atoms with Gasteiger partial charge in [-0.15, -0.1) is 0 Å². The molecule has 0 bridgehead atoms.